The Morgan fingerprint density at radius 2 is 1.87 bits per heavy atom. The second-order valence-electron chi connectivity index (χ2n) is 3.96. The molecular weight excluding hydrogens is 216 g/mol. The zero-order valence-corrected chi connectivity index (χ0v) is 10.8. The molecule has 6 heteroatoms. The summed E-state index contributed by atoms with van der Waals surface area (Å²) in [5.41, 5.74) is 0. The van der Waals surface area contributed by atoms with E-state index < -0.39 is 10.1 Å². The van der Waals surface area contributed by atoms with Crippen LogP contribution in [0.5, 0.6) is 0 Å². The molecule has 15 heavy (non-hydrogen) atoms. The molecule has 0 aliphatic carbocycles. The van der Waals surface area contributed by atoms with Crippen LogP contribution in [0.4, 0.5) is 0 Å². The smallest absolute Gasteiger partial charge is 0.268 e. The van der Waals surface area contributed by atoms with Crippen LogP contribution in [0.25, 0.3) is 0 Å². The number of hydrogen-bond donors (Lipinski definition) is 1. The predicted octanol–water partition coefficient (Wildman–Crippen LogP) is -0.108. The van der Waals surface area contributed by atoms with Gasteiger partial charge in [0, 0.05) is 19.6 Å². The highest BCUT2D eigenvalue weighted by atomic mass is 32.2. The molecule has 0 aromatic heterocycles. The molecule has 0 amide bonds. The predicted molar refractivity (Wildman–Crippen MR) is 61.4 cm³/mol. The molecule has 0 aliphatic heterocycles. The van der Waals surface area contributed by atoms with Crippen LogP contribution in [-0.2, 0) is 14.3 Å². The fourth-order valence-corrected chi connectivity index (χ4v) is 2.04. The van der Waals surface area contributed by atoms with Crippen molar-refractivity contribution in [2.75, 3.05) is 39.5 Å². The topological polar surface area (TPSA) is 58.6 Å². The number of rotatable bonds is 8. The van der Waals surface area contributed by atoms with Crippen molar-refractivity contribution < 1.29 is 12.6 Å². The first kappa shape index (κ1) is 14.8. The summed E-state index contributed by atoms with van der Waals surface area (Å²) >= 11 is 0. The van der Waals surface area contributed by atoms with Gasteiger partial charge >= 0.3 is 0 Å². The Morgan fingerprint density at radius 1 is 1.27 bits per heavy atom. The summed E-state index contributed by atoms with van der Waals surface area (Å²) in [5.74, 6) is 0.0264. The van der Waals surface area contributed by atoms with E-state index in [0.29, 0.717) is 6.54 Å². The fraction of sp³-hybridized carbons (Fsp3) is 1.00. The Bertz CT molecular complexity index is 250. The Balaban J connectivity index is 3.58. The van der Waals surface area contributed by atoms with Crippen molar-refractivity contribution in [1.29, 1.82) is 0 Å². The van der Waals surface area contributed by atoms with Gasteiger partial charge in [0.25, 0.3) is 10.1 Å². The lowest BCUT2D eigenvalue weighted by Gasteiger charge is -2.11. The molecule has 0 saturated carbocycles. The lowest BCUT2D eigenvalue weighted by Crippen LogP contribution is -2.31. The summed E-state index contributed by atoms with van der Waals surface area (Å²) in [4.78, 5) is 2.03. The quantitative estimate of drug-likeness (QED) is 0.472. The maximum atomic E-state index is 11.3. The van der Waals surface area contributed by atoms with Gasteiger partial charge in [0.1, 0.15) is 0 Å². The molecule has 5 nitrogen and oxygen atoms in total. The van der Waals surface area contributed by atoms with Gasteiger partial charge in [0.15, 0.2) is 0 Å². The largest absolute Gasteiger partial charge is 0.314 e. The van der Waals surface area contributed by atoms with E-state index in [1.54, 1.807) is 13.8 Å². The summed E-state index contributed by atoms with van der Waals surface area (Å²) in [6, 6.07) is 0. The molecular formula is C9H22N2O3S. The standard InChI is InChI=1S/C9H22N2O3S/c1-9(2)14-15(12,13)8-6-10-5-7-11(3)4/h9-10H,5-8H2,1-4H3. The summed E-state index contributed by atoms with van der Waals surface area (Å²) in [7, 11) is 0.587. The van der Waals surface area contributed by atoms with Crippen LogP contribution < -0.4 is 5.32 Å². The Kier molecular flexibility index (Phi) is 7.08. The molecule has 0 fully saturated rings. The SMILES string of the molecule is CC(C)OS(=O)(=O)CCNCCN(C)C. The first-order valence-corrected chi connectivity index (χ1v) is 6.67. The first-order chi connectivity index (χ1) is 6.83. The molecule has 92 valence electrons. The molecule has 0 aliphatic rings. The van der Waals surface area contributed by atoms with Crippen molar-refractivity contribution in [3.8, 4) is 0 Å². The van der Waals surface area contributed by atoms with E-state index in [0.717, 1.165) is 13.1 Å². The molecule has 0 radical (unpaired) electrons. The fourth-order valence-electron chi connectivity index (χ4n) is 0.966. The minimum Gasteiger partial charge on any atom is -0.314 e. The maximum Gasteiger partial charge on any atom is 0.268 e. The van der Waals surface area contributed by atoms with Crippen LogP contribution in [0, 0.1) is 0 Å². The third-order valence-electron chi connectivity index (χ3n) is 1.60. The third-order valence-corrected chi connectivity index (χ3v) is 2.99. The summed E-state index contributed by atoms with van der Waals surface area (Å²) in [6.45, 7) is 5.52. The molecule has 0 heterocycles. The monoisotopic (exact) mass is 238 g/mol. The molecule has 0 saturated heterocycles. The summed E-state index contributed by atoms with van der Waals surface area (Å²) < 4.78 is 27.3. The molecule has 0 rings (SSSR count). The maximum absolute atomic E-state index is 11.3. The average Bonchev–Trinajstić information content (AvgIpc) is 1.99. The van der Waals surface area contributed by atoms with Crippen molar-refractivity contribution in [3.05, 3.63) is 0 Å². The van der Waals surface area contributed by atoms with Gasteiger partial charge in [-0.1, -0.05) is 0 Å². The van der Waals surface area contributed by atoms with Crippen LogP contribution in [0.2, 0.25) is 0 Å². The van der Waals surface area contributed by atoms with Gasteiger partial charge in [-0.15, -0.1) is 0 Å². The molecule has 1 N–H and O–H groups in total. The lowest BCUT2D eigenvalue weighted by molar-refractivity contribution is 0.249. The van der Waals surface area contributed by atoms with Gasteiger partial charge in [-0.05, 0) is 27.9 Å². The minimum absolute atomic E-state index is 0.0264. The van der Waals surface area contributed by atoms with Crippen molar-refractivity contribution in [3.63, 3.8) is 0 Å². The van der Waals surface area contributed by atoms with E-state index in [1.807, 2.05) is 19.0 Å². The van der Waals surface area contributed by atoms with Crippen LogP contribution in [0.3, 0.4) is 0 Å². The first-order valence-electron chi connectivity index (χ1n) is 5.10. The van der Waals surface area contributed by atoms with Crippen molar-refractivity contribution in [2.24, 2.45) is 0 Å². The minimum atomic E-state index is -3.36. The van der Waals surface area contributed by atoms with E-state index in [-0.39, 0.29) is 11.9 Å². The Hall–Kier alpha value is -0.170. The van der Waals surface area contributed by atoms with E-state index in [9.17, 15) is 8.42 Å². The van der Waals surface area contributed by atoms with E-state index >= 15 is 0 Å². The van der Waals surface area contributed by atoms with Gasteiger partial charge in [-0.2, -0.15) is 8.42 Å². The number of nitrogens with one attached hydrogen (secondary N) is 1. The van der Waals surface area contributed by atoms with Gasteiger partial charge in [0.05, 0.1) is 11.9 Å². The van der Waals surface area contributed by atoms with E-state index in [1.165, 1.54) is 0 Å². The molecule has 0 atom stereocenters. The number of hydrogen-bond acceptors (Lipinski definition) is 5. The summed E-state index contributed by atoms with van der Waals surface area (Å²) in [5, 5.41) is 3.05. The second kappa shape index (κ2) is 7.16. The zero-order chi connectivity index (χ0) is 11.9. The third kappa shape index (κ3) is 10.1. The summed E-state index contributed by atoms with van der Waals surface area (Å²) in [6.07, 6.45) is -0.281. The van der Waals surface area contributed by atoms with Gasteiger partial charge in [0.2, 0.25) is 0 Å². The van der Waals surface area contributed by atoms with Gasteiger partial charge in [-0.3, -0.25) is 4.18 Å². The molecule has 0 unspecified atom stereocenters. The van der Waals surface area contributed by atoms with Crippen LogP contribution in [-0.4, -0.2) is 58.9 Å². The van der Waals surface area contributed by atoms with Crippen molar-refractivity contribution in [1.82, 2.24) is 10.2 Å². The van der Waals surface area contributed by atoms with Crippen LogP contribution in [0.15, 0.2) is 0 Å². The Morgan fingerprint density at radius 3 is 2.33 bits per heavy atom. The molecule has 0 spiro atoms. The second-order valence-corrected chi connectivity index (χ2v) is 5.68. The van der Waals surface area contributed by atoms with Crippen LogP contribution >= 0.6 is 0 Å². The lowest BCUT2D eigenvalue weighted by atomic mass is 10.5. The van der Waals surface area contributed by atoms with Gasteiger partial charge < -0.3 is 10.2 Å². The van der Waals surface area contributed by atoms with E-state index in [4.69, 9.17) is 4.18 Å². The highest BCUT2D eigenvalue weighted by Gasteiger charge is 2.12. The zero-order valence-electron chi connectivity index (χ0n) is 9.99. The molecule has 0 bridgehead atoms. The normalized spacial score (nSPS) is 12.7. The number of nitrogens with zero attached hydrogens (tertiary/aromatic N) is 1. The highest BCUT2D eigenvalue weighted by Crippen LogP contribution is 1.97. The van der Waals surface area contributed by atoms with Crippen molar-refractivity contribution in [2.45, 2.75) is 20.0 Å². The average molecular weight is 238 g/mol. The molecule has 0 aromatic carbocycles. The number of likely N-dealkylation sites (N-methyl/N-ethyl adjacent to an activating group) is 1. The van der Waals surface area contributed by atoms with Gasteiger partial charge in [-0.25, -0.2) is 0 Å². The van der Waals surface area contributed by atoms with Crippen LogP contribution in [0.1, 0.15) is 13.8 Å². The van der Waals surface area contributed by atoms with E-state index in [2.05, 4.69) is 5.32 Å². The highest BCUT2D eigenvalue weighted by molar-refractivity contribution is 7.86. The van der Waals surface area contributed by atoms with Crippen molar-refractivity contribution >= 4 is 10.1 Å². The molecule has 0 aromatic rings. The Labute approximate surface area is 92.9 Å².